The van der Waals surface area contributed by atoms with Gasteiger partial charge in [0.2, 0.25) is 0 Å². The van der Waals surface area contributed by atoms with Crippen LogP contribution in [0.25, 0.3) is 0 Å². The average Bonchev–Trinajstić information content (AvgIpc) is 2.10. The molecule has 0 aliphatic heterocycles. The molecule has 80 valence electrons. The molecule has 0 heterocycles. The van der Waals surface area contributed by atoms with E-state index in [1.165, 1.54) is 0 Å². The summed E-state index contributed by atoms with van der Waals surface area (Å²) < 4.78 is 0. The van der Waals surface area contributed by atoms with Crippen molar-refractivity contribution >= 4 is 29.0 Å². The number of carbonyl (C=O) groups excluding carboxylic acids is 1. The minimum absolute atomic E-state index is 0.0185. The van der Waals surface area contributed by atoms with Gasteiger partial charge < -0.3 is 0 Å². The summed E-state index contributed by atoms with van der Waals surface area (Å²) >= 11 is 11.9. The number of carbonyl (C=O) groups is 1. The Hall–Kier alpha value is -0.790. The van der Waals surface area contributed by atoms with Crippen molar-refractivity contribution in [2.24, 2.45) is 0 Å². The van der Waals surface area contributed by atoms with E-state index in [4.69, 9.17) is 23.2 Å². The van der Waals surface area contributed by atoms with Crippen LogP contribution in [0.3, 0.4) is 0 Å². The lowest BCUT2D eigenvalue weighted by Crippen LogP contribution is -2.00. The third kappa shape index (κ3) is 3.69. The van der Waals surface area contributed by atoms with Gasteiger partial charge in [0.05, 0.1) is 0 Å². The maximum absolute atomic E-state index is 11.5. The van der Waals surface area contributed by atoms with Crippen molar-refractivity contribution in [3.63, 3.8) is 0 Å². The van der Waals surface area contributed by atoms with Crippen LogP contribution < -0.4 is 0 Å². The fraction of sp³-hybridized carbons (Fsp3) is 0.250. The number of rotatable bonds is 3. The van der Waals surface area contributed by atoms with Gasteiger partial charge >= 0.3 is 0 Å². The second kappa shape index (κ2) is 5.34. The molecule has 0 aromatic heterocycles. The highest BCUT2D eigenvalue weighted by atomic mass is 35.5. The first-order chi connectivity index (χ1) is 7.00. The molecule has 0 saturated heterocycles. The van der Waals surface area contributed by atoms with E-state index in [1.807, 2.05) is 13.8 Å². The Morgan fingerprint density at radius 1 is 1.27 bits per heavy atom. The van der Waals surface area contributed by atoms with E-state index >= 15 is 0 Å². The van der Waals surface area contributed by atoms with Crippen LogP contribution in [0.15, 0.2) is 29.8 Å². The normalized spacial score (nSPS) is 9.87. The second-order valence-corrected chi connectivity index (χ2v) is 4.38. The molecular weight excluding hydrogens is 231 g/mol. The van der Waals surface area contributed by atoms with E-state index in [9.17, 15) is 4.79 Å². The molecule has 0 N–H and O–H groups in total. The summed E-state index contributed by atoms with van der Waals surface area (Å²) in [6.45, 7) is 3.76. The maximum Gasteiger partial charge on any atom is 0.160 e. The molecule has 0 bridgehead atoms. The van der Waals surface area contributed by atoms with Crippen molar-refractivity contribution in [1.29, 1.82) is 0 Å². The Labute approximate surface area is 99.7 Å². The molecule has 0 saturated carbocycles. The summed E-state index contributed by atoms with van der Waals surface area (Å²) in [6, 6.07) is 5.23. The molecule has 0 aliphatic rings. The third-order valence-electron chi connectivity index (χ3n) is 1.86. The lowest BCUT2D eigenvalue weighted by molar-refractivity contribution is -0.114. The predicted molar refractivity (Wildman–Crippen MR) is 64.6 cm³/mol. The monoisotopic (exact) mass is 242 g/mol. The molecular formula is C12H12Cl2O. The summed E-state index contributed by atoms with van der Waals surface area (Å²) in [4.78, 5) is 11.5. The van der Waals surface area contributed by atoms with Crippen LogP contribution in [0.5, 0.6) is 0 Å². The quantitative estimate of drug-likeness (QED) is 0.731. The molecule has 0 unspecified atom stereocenters. The highest BCUT2D eigenvalue weighted by Gasteiger charge is 2.08. The molecule has 0 spiro atoms. The summed E-state index contributed by atoms with van der Waals surface area (Å²) in [5.41, 5.74) is 1.67. The van der Waals surface area contributed by atoms with Crippen LogP contribution in [0.4, 0.5) is 0 Å². The zero-order valence-corrected chi connectivity index (χ0v) is 10.2. The first-order valence-corrected chi connectivity index (χ1v) is 5.37. The Morgan fingerprint density at radius 3 is 2.27 bits per heavy atom. The van der Waals surface area contributed by atoms with E-state index in [1.54, 1.807) is 24.3 Å². The Balaban J connectivity index is 2.90. The molecule has 15 heavy (non-hydrogen) atoms. The van der Waals surface area contributed by atoms with Crippen LogP contribution in [-0.2, 0) is 11.2 Å². The summed E-state index contributed by atoms with van der Waals surface area (Å²) in [6.07, 6.45) is 1.85. The zero-order chi connectivity index (χ0) is 11.4. The van der Waals surface area contributed by atoms with Gasteiger partial charge in [-0.15, -0.1) is 0 Å². The minimum atomic E-state index is 0.0185. The van der Waals surface area contributed by atoms with Gasteiger partial charge in [0.15, 0.2) is 5.78 Å². The Kier molecular flexibility index (Phi) is 4.37. The third-order valence-corrected chi connectivity index (χ3v) is 2.57. The van der Waals surface area contributed by atoms with Crippen LogP contribution in [0.2, 0.25) is 10.0 Å². The SMILES string of the molecule is CC(C)=CC(=O)Cc1c(Cl)cccc1Cl. The maximum atomic E-state index is 11.5. The molecule has 0 amide bonds. The summed E-state index contributed by atoms with van der Waals surface area (Å²) in [5, 5.41) is 1.08. The number of ketones is 1. The van der Waals surface area contributed by atoms with Crippen LogP contribution in [0.1, 0.15) is 19.4 Å². The van der Waals surface area contributed by atoms with Crippen molar-refractivity contribution < 1.29 is 4.79 Å². The van der Waals surface area contributed by atoms with Crippen molar-refractivity contribution in [3.05, 3.63) is 45.5 Å². The molecule has 0 radical (unpaired) electrons. The highest BCUT2D eigenvalue weighted by molar-refractivity contribution is 6.36. The van der Waals surface area contributed by atoms with E-state index in [0.717, 1.165) is 5.57 Å². The number of halogens is 2. The van der Waals surface area contributed by atoms with Crippen molar-refractivity contribution in [1.82, 2.24) is 0 Å². The molecule has 1 rings (SSSR count). The average molecular weight is 243 g/mol. The van der Waals surface area contributed by atoms with Gasteiger partial charge in [0.1, 0.15) is 0 Å². The van der Waals surface area contributed by atoms with Crippen molar-refractivity contribution in [2.75, 3.05) is 0 Å². The van der Waals surface area contributed by atoms with Gasteiger partial charge in [-0.1, -0.05) is 34.8 Å². The van der Waals surface area contributed by atoms with Gasteiger partial charge in [0.25, 0.3) is 0 Å². The second-order valence-electron chi connectivity index (χ2n) is 3.56. The van der Waals surface area contributed by atoms with E-state index in [0.29, 0.717) is 15.6 Å². The fourth-order valence-electron chi connectivity index (χ4n) is 1.25. The van der Waals surface area contributed by atoms with Crippen LogP contribution in [0, 0.1) is 0 Å². The molecule has 1 aromatic carbocycles. The fourth-order valence-corrected chi connectivity index (χ4v) is 1.78. The van der Waals surface area contributed by atoms with Gasteiger partial charge in [-0.05, 0) is 37.6 Å². The number of hydrogen-bond acceptors (Lipinski definition) is 1. The van der Waals surface area contributed by atoms with Gasteiger partial charge in [-0.3, -0.25) is 4.79 Å². The minimum Gasteiger partial charge on any atom is -0.294 e. The van der Waals surface area contributed by atoms with Crippen LogP contribution >= 0.6 is 23.2 Å². The van der Waals surface area contributed by atoms with Crippen molar-refractivity contribution in [3.8, 4) is 0 Å². The van der Waals surface area contributed by atoms with E-state index < -0.39 is 0 Å². The number of hydrogen-bond donors (Lipinski definition) is 0. The summed E-state index contributed by atoms with van der Waals surface area (Å²) in [5.74, 6) is 0.0185. The lowest BCUT2D eigenvalue weighted by Gasteiger charge is -2.04. The first kappa shape index (κ1) is 12.3. The Bertz CT molecular complexity index is 384. The first-order valence-electron chi connectivity index (χ1n) is 4.61. The molecule has 0 atom stereocenters. The highest BCUT2D eigenvalue weighted by Crippen LogP contribution is 2.24. The lowest BCUT2D eigenvalue weighted by atomic mass is 10.1. The molecule has 0 fully saturated rings. The smallest absolute Gasteiger partial charge is 0.160 e. The zero-order valence-electron chi connectivity index (χ0n) is 8.68. The molecule has 1 nitrogen and oxygen atoms in total. The van der Waals surface area contributed by atoms with E-state index in [2.05, 4.69) is 0 Å². The summed E-state index contributed by atoms with van der Waals surface area (Å²) in [7, 11) is 0. The van der Waals surface area contributed by atoms with Crippen molar-refractivity contribution in [2.45, 2.75) is 20.3 Å². The van der Waals surface area contributed by atoms with Gasteiger partial charge in [0, 0.05) is 16.5 Å². The molecule has 3 heteroatoms. The topological polar surface area (TPSA) is 17.1 Å². The Morgan fingerprint density at radius 2 is 1.80 bits per heavy atom. The van der Waals surface area contributed by atoms with Gasteiger partial charge in [-0.25, -0.2) is 0 Å². The molecule has 0 aliphatic carbocycles. The number of benzene rings is 1. The standard InChI is InChI=1S/C12H12Cl2O/c1-8(2)6-9(15)7-10-11(13)4-3-5-12(10)14/h3-6H,7H2,1-2H3. The predicted octanol–water partition coefficient (Wildman–Crippen LogP) is 4.07. The largest absolute Gasteiger partial charge is 0.294 e. The van der Waals surface area contributed by atoms with Crippen LogP contribution in [-0.4, -0.2) is 5.78 Å². The van der Waals surface area contributed by atoms with Gasteiger partial charge in [-0.2, -0.15) is 0 Å². The van der Waals surface area contributed by atoms with E-state index in [-0.39, 0.29) is 12.2 Å². The number of allylic oxidation sites excluding steroid dienone is 2. The molecule has 1 aromatic rings.